The van der Waals surface area contributed by atoms with Gasteiger partial charge in [0.2, 0.25) is 0 Å². The molecule has 2 rings (SSSR count). The van der Waals surface area contributed by atoms with E-state index in [1.807, 2.05) is 11.8 Å². The molecular weight excluding hydrogens is 296 g/mol. The second kappa shape index (κ2) is 5.99. The summed E-state index contributed by atoms with van der Waals surface area (Å²) in [6.45, 7) is 2.70. The van der Waals surface area contributed by atoms with Crippen LogP contribution in [0, 0.1) is 10.1 Å². The number of hydrogen-bond donors (Lipinski definition) is 1. The van der Waals surface area contributed by atoms with Gasteiger partial charge in [-0.25, -0.2) is 0 Å². The molecule has 0 spiro atoms. The molecule has 1 aromatic rings. The number of nitro benzene ring substituents is 1. The average Bonchev–Trinajstić information content (AvgIpc) is 2.84. The molecule has 0 amide bonds. The van der Waals surface area contributed by atoms with Gasteiger partial charge < -0.3 is 5.11 Å². The molecule has 1 aromatic carbocycles. The van der Waals surface area contributed by atoms with Crippen LogP contribution >= 0.6 is 11.6 Å². The van der Waals surface area contributed by atoms with E-state index in [9.17, 15) is 20.0 Å². The van der Waals surface area contributed by atoms with Crippen LogP contribution in [0.1, 0.15) is 31.7 Å². The van der Waals surface area contributed by atoms with Crippen LogP contribution in [0.2, 0.25) is 5.02 Å². The van der Waals surface area contributed by atoms with E-state index in [1.54, 1.807) is 12.1 Å². The van der Waals surface area contributed by atoms with Gasteiger partial charge in [0.05, 0.1) is 4.92 Å². The smallest absolute Gasteiger partial charge is 0.324 e. The highest BCUT2D eigenvalue weighted by Crippen LogP contribution is 2.35. The van der Waals surface area contributed by atoms with Crippen molar-refractivity contribution < 1.29 is 14.8 Å². The normalized spacial score (nSPS) is 22.4. The lowest BCUT2D eigenvalue weighted by atomic mass is 9.92. The monoisotopic (exact) mass is 312 g/mol. The molecule has 0 radical (unpaired) electrons. The van der Waals surface area contributed by atoms with E-state index in [4.69, 9.17) is 11.6 Å². The maximum atomic E-state index is 11.6. The number of nitro groups is 1. The molecule has 114 valence electrons. The van der Waals surface area contributed by atoms with Crippen molar-refractivity contribution in [1.82, 2.24) is 4.90 Å². The minimum atomic E-state index is -0.923. The minimum Gasteiger partial charge on any atom is -0.480 e. The number of carbonyl (C=O) groups is 1. The zero-order valence-electron chi connectivity index (χ0n) is 11.7. The van der Waals surface area contributed by atoms with Crippen LogP contribution in [0.4, 0.5) is 5.69 Å². The first-order valence-corrected chi connectivity index (χ1v) is 7.20. The highest BCUT2D eigenvalue weighted by molar-refractivity contribution is 6.30. The molecule has 0 aliphatic carbocycles. The molecule has 7 heteroatoms. The fourth-order valence-electron chi connectivity index (χ4n) is 3.00. The van der Waals surface area contributed by atoms with Crippen LogP contribution < -0.4 is 0 Å². The first kappa shape index (κ1) is 15.7. The number of likely N-dealkylation sites (tertiary alicyclic amines) is 1. The Bertz CT molecular complexity index is 578. The van der Waals surface area contributed by atoms with Crippen molar-refractivity contribution in [2.75, 3.05) is 6.54 Å². The van der Waals surface area contributed by atoms with Crippen LogP contribution in [0.5, 0.6) is 0 Å². The van der Waals surface area contributed by atoms with E-state index in [0.717, 1.165) is 6.42 Å². The second-order valence-electron chi connectivity index (χ2n) is 5.25. The lowest BCUT2D eigenvalue weighted by Crippen LogP contribution is -2.49. The van der Waals surface area contributed by atoms with Crippen molar-refractivity contribution in [2.24, 2.45) is 0 Å². The zero-order valence-corrected chi connectivity index (χ0v) is 12.5. The number of nitrogens with zero attached hydrogens (tertiary/aromatic N) is 2. The summed E-state index contributed by atoms with van der Waals surface area (Å²) in [6.07, 6.45) is 1.82. The van der Waals surface area contributed by atoms with Crippen molar-refractivity contribution in [3.63, 3.8) is 0 Å². The van der Waals surface area contributed by atoms with E-state index in [1.165, 1.54) is 6.07 Å². The van der Waals surface area contributed by atoms with Crippen molar-refractivity contribution in [1.29, 1.82) is 0 Å². The summed E-state index contributed by atoms with van der Waals surface area (Å²) in [6, 6.07) is 4.50. The molecule has 1 fully saturated rings. The number of carboxylic acid groups (broad SMARTS) is 1. The third-order valence-electron chi connectivity index (χ3n) is 4.21. The number of hydrogen-bond acceptors (Lipinski definition) is 4. The number of carboxylic acids is 1. The van der Waals surface area contributed by atoms with Crippen LogP contribution in [0.25, 0.3) is 0 Å². The molecule has 1 N–H and O–H groups in total. The van der Waals surface area contributed by atoms with E-state index < -0.39 is 16.4 Å². The fourth-order valence-corrected chi connectivity index (χ4v) is 3.17. The Labute approximate surface area is 127 Å². The summed E-state index contributed by atoms with van der Waals surface area (Å²) in [4.78, 5) is 24.1. The summed E-state index contributed by atoms with van der Waals surface area (Å²) in [5.74, 6) is -0.862. The molecule has 1 atom stereocenters. The molecule has 6 nitrogen and oxygen atoms in total. The van der Waals surface area contributed by atoms with Crippen molar-refractivity contribution >= 4 is 23.3 Å². The van der Waals surface area contributed by atoms with Crippen LogP contribution in [0.3, 0.4) is 0 Å². The van der Waals surface area contributed by atoms with Gasteiger partial charge in [-0.2, -0.15) is 0 Å². The molecule has 0 bridgehead atoms. The Morgan fingerprint density at radius 2 is 2.29 bits per heavy atom. The lowest BCUT2D eigenvalue weighted by molar-refractivity contribution is -0.385. The van der Waals surface area contributed by atoms with E-state index in [2.05, 4.69) is 0 Å². The van der Waals surface area contributed by atoms with Gasteiger partial charge in [0, 0.05) is 23.2 Å². The zero-order chi connectivity index (χ0) is 15.6. The van der Waals surface area contributed by atoms with Gasteiger partial charge in [0.1, 0.15) is 5.54 Å². The Kier molecular flexibility index (Phi) is 4.49. The van der Waals surface area contributed by atoms with Crippen LogP contribution in [-0.2, 0) is 11.3 Å². The topological polar surface area (TPSA) is 83.7 Å². The Morgan fingerprint density at radius 3 is 2.86 bits per heavy atom. The maximum Gasteiger partial charge on any atom is 0.324 e. The predicted octanol–water partition coefficient (Wildman–Crippen LogP) is 3.08. The number of benzene rings is 1. The molecule has 21 heavy (non-hydrogen) atoms. The van der Waals surface area contributed by atoms with Crippen molar-refractivity contribution in [2.45, 2.75) is 38.3 Å². The first-order chi connectivity index (χ1) is 9.90. The molecular formula is C14H17ClN2O4. The van der Waals surface area contributed by atoms with Gasteiger partial charge in [-0.05, 0) is 37.9 Å². The molecule has 0 aromatic heterocycles. The number of aliphatic carboxylic acids is 1. The third kappa shape index (κ3) is 2.87. The van der Waals surface area contributed by atoms with Gasteiger partial charge in [0.15, 0.2) is 0 Å². The summed E-state index contributed by atoms with van der Waals surface area (Å²) in [5.41, 5.74) is -0.497. The van der Waals surface area contributed by atoms with Gasteiger partial charge in [-0.3, -0.25) is 19.8 Å². The Balaban J connectivity index is 2.33. The SMILES string of the molecule is CCC1(C(=O)O)CCCN1Cc1ccc(Cl)cc1[N+](=O)[O-]. The molecule has 1 saturated heterocycles. The third-order valence-corrected chi connectivity index (χ3v) is 4.45. The maximum absolute atomic E-state index is 11.6. The highest BCUT2D eigenvalue weighted by Gasteiger charge is 2.46. The first-order valence-electron chi connectivity index (χ1n) is 6.82. The predicted molar refractivity (Wildman–Crippen MR) is 78.4 cm³/mol. The molecule has 1 unspecified atom stereocenters. The van der Waals surface area contributed by atoms with Gasteiger partial charge in [-0.1, -0.05) is 18.5 Å². The summed E-state index contributed by atoms with van der Waals surface area (Å²) in [7, 11) is 0. The van der Waals surface area contributed by atoms with Gasteiger partial charge in [0.25, 0.3) is 5.69 Å². The van der Waals surface area contributed by atoms with Gasteiger partial charge >= 0.3 is 5.97 Å². The Morgan fingerprint density at radius 1 is 1.57 bits per heavy atom. The molecule has 0 saturated carbocycles. The van der Waals surface area contributed by atoms with E-state index >= 15 is 0 Å². The second-order valence-corrected chi connectivity index (χ2v) is 5.68. The lowest BCUT2D eigenvalue weighted by Gasteiger charge is -2.33. The molecule has 1 aliphatic heterocycles. The molecule has 1 aliphatic rings. The number of rotatable bonds is 5. The summed E-state index contributed by atoms with van der Waals surface area (Å²) >= 11 is 5.80. The molecule has 1 heterocycles. The summed E-state index contributed by atoms with van der Waals surface area (Å²) < 4.78 is 0. The average molecular weight is 313 g/mol. The minimum absolute atomic E-state index is 0.0650. The fraction of sp³-hybridized carbons (Fsp3) is 0.500. The largest absolute Gasteiger partial charge is 0.480 e. The van der Waals surface area contributed by atoms with E-state index in [0.29, 0.717) is 30.0 Å². The standard InChI is InChI=1S/C14H17ClN2O4/c1-2-14(13(18)19)6-3-7-16(14)9-10-4-5-11(15)8-12(10)17(20)21/h4-5,8H,2-3,6-7,9H2,1H3,(H,18,19). The quantitative estimate of drug-likeness (QED) is 0.667. The highest BCUT2D eigenvalue weighted by atomic mass is 35.5. The van der Waals surface area contributed by atoms with Crippen molar-refractivity contribution in [3.8, 4) is 0 Å². The van der Waals surface area contributed by atoms with Crippen molar-refractivity contribution in [3.05, 3.63) is 38.9 Å². The van der Waals surface area contributed by atoms with Crippen LogP contribution in [0.15, 0.2) is 18.2 Å². The van der Waals surface area contributed by atoms with Crippen LogP contribution in [-0.4, -0.2) is 33.0 Å². The Hall–Kier alpha value is -1.66. The van der Waals surface area contributed by atoms with E-state index in [-0.39, 0.29) is 12.2 Å². The number of halogens is 1. The summed E-state index contributed by atoms with van der Waals surface area (Å²) in [5, 5.41) is 21.0. The van der Waals surface area contributed by atoms with Gasteiger partial charge in [-0.15, -0.1) is 0 Å².